The van der Waals surface area contributed by atoms with Gasteiger partial charge in [0, 0.05) is 19.0 Å². The Morgan fingerprint density at radius 1 is 1.18 bits per heavy atom. The lowest BCUT2D eigenvalue weighted by Crippen LogP contribution is -2.50. The van der Waals surface area contributed by atoms with Crippen LogP contribution >= 0.6 is 11.6 Å². The van der Waals surface area contributed by atoms with Crippen LogP contribution in [-0.4, -0.2) is 42.1 Å². The second kappa shape index (κ2) is 5.79. The zero-order valence-corrected chi connectivity index (χ0v) is 9.46. The summed E-state index contributed by atoms with van der Waals surface area (Å²) in [5.41, 5.74) is 0. The van der Waals surface area contributed by atoms with Gasteiger partial charge < -0.3 is 4.90 Å². The van der Waals surface area contributed by atoms with E-state index >= 15 is 0 Å². The molecule has 0 saturated carbocycles. The van der Waals surface area contributed by atoms with Crippen molar-refractivity contribution < 1.29 is 31.1 Å². The van der Waals surface area contributed by atoms with Gasteiger partial charge in [0.05, 0.1) is 0 Å². The Kier molecular flexibility index (Phi) is 5.57. The minimum atomic E-state index is -5.66. The fourth-order valence-corrected chi connectivity index (χ4v) is 1.38. The van der Waals surface area contributed by atoms with Crippen LogP contribution in [0.4, 0.5) is 26.3 Å². The van der Waals surface area contributed by atoms with E-state index in [0.717, 1.165) is 0 Å². The standard InChI is InChI=1S/C8H10ClF6NO/c1-2-16(4-3-9)6(17)5(7(10,11)12)8(13,14)15/h5H,2-4H2,1H3. The molecule has 0 radical (unpaired) electrons. The Bertz CT molecular complexity index is 250. The van der Waals surface area contributed by atoms with E-state index < -0.39 is 24.2 Å². The molecule has 0 aromatic rings. The van der Waals surface area contributed by atoms with Crippen LogP contribution < -0.4 is 0 Å². The maximum atomic E-state index is 12.2. The molecule has 0 heterocycles. The Morgan fingerprint density at radius 2 is 1.59 bits per heavy atom. The van der Waals surface area contributed by atoms with E-state index in [2.05, 4.69) is 0 Å². The highest BCUT2D eigenvalue weighted by molar-refractivity contribution is 6.18. The van der Waals surface area contributed by atoms with Gasteiger partial charge in [-0.15, -0.1) is 11.6 Å². The second-order valence-electron chi connectivity index (χ2n) is 3.12. The van der Waals surface area contributed by atoms with E-state index in [1.807, 2.05) is 0 Å². The van der Waals surface area contributed by atoms with E-state index in [4.69, 9.17) is 11.6 Å². The molecule has 102 valence electrons. The van der Waals surface area contributed by atoms with Crippen LogP contribution in [0.5, 0.6) is 0 Å². The first kappa shape index (κ1) is 16.3. The van der Waals surface area contributed by atoms with Gasteiger partial charge in [-0.05, 0) is 6.92 Å². The Hall–Kier alpha value is -0.660. The fraction of sp³-hybridized carbons (Fsp3) is 0.875. The third-order valence-corrected chi connectivity index (χ3v) is 2.12. The molecule has 0 fully saturated rings. The Balaban J connectivity index is 5.14. The number of amides is 1. The minimum absolute atomic E-state index is 0.234. The lowest BCUT2D eigenvalue weighted by atomic mass is 10.1. The first-order valence-corrected chi connectivity index (χ1v) is 5.07. The molecule has 0 bridgehead atoms. The number of hydrogen-bond acceptors (Lipinski definition) is 1. The lowest BCUT2D eigenvalue weighted by Gasteiger charge is -2.28. The summed E-state index contributed by atoms with van der Waals surface area (Å²) in [6, 6.07) is 0. The van der Waals surface area contributed by atoms with Crippen LogP contribution in [0.25, 0.3) is 0 Å². The zero-order chi connectivity index (χ0) is 13.9. The molecule has 2 nitrogen and oxygen atoms in total. The summed E-state index contributed by atoms with van der Waals surface area (Å²) in [6.45, 7) is 0.641. The summed E-state index contributed by atoms with van der Waals surface area (Å²) in [7, 11) is 0. The maximum Gasteiger partial charge on any atom is 0.409 e. The molecule has 0 rings (SSSR count). The predicted octanol–water partition coefficient (Wildman–Crippen LogP) is 2.81. The van der Waals surface area contributed by atoms with Gasteiger partial charge in [-0.2, -0.15) is 26.3 Å². The first-order valence-electron chi connectivity index (χ1n) is 4.53. The average Bonchev–Trinajstić information content (AvgIpc) is 2.08. The number of rotatable bonds is 4. The van der Waals surface area contributed by atoms with Gasteiger partial charge in [-0.25, -0.2) is 0 Å². The molecule has 17 heavy (non-hydrogen) atoms. The van der Waals surface area contributed by atoms with Crippen LogP contribution in [0.3, 0.4) is 0 Å². The topological polar surface area (TPSA) is 20.3 Å². The molecule has 9 heteroatoms. The summed E-state index contributed by atoms with van der Waals surface area (Å²) in [5.74, 6) is -6.24. The highest BCUT2D eigenvalue weighted by Gasteiger charge is 2.61. The zero-order valence-electron chi connectivity index (χ0n) is 8.70. The van der Waals surface area contributed by atoms with Crippen molar-refractivity contribution in [1.82, 2.24) is 4.90 Å². The third-order valence-electron chi connectivity index (χ3n) is 1.95. The van der Waals surface area contributed by atoms with E-state index in [1.54, 1.807) is 0 Å². The molecular weight excluding hydrogens is 276 g/mol. The van der Waals surface area contributed by atoms with Crippen molar-refractivity contribution in [1.29, 1.82) is 0 Å². The molecule has 0 unspecified atom stereocenters. The number of carbonyl (C=O) groups is 1. The van der Waals surface area contributed by atoms with Gasteiger partial charge >= 0.3 is 12.4 Å². The van der Waals surface area contributed by atoms with Crippen molar-refractivity contribution in [3.05, 3.63) is 0 Å². The highest BCUT2D eigenvalue weighted by Crippen LogP contribution is 2.40. The van der Waals surface area contributed by atoms with E-state index in [0.29, 0.717) is 4.90 Å². The number of alkyl halides is 7. The van der Waals surface area contributed by atoms with Gasteiger partial charge in [-0.1, -0.05) is 0 Å². The first-order chi connectivity index (χ1) is 7.55. The quantitative estimate of drug-likeness (QED) is 0.574. The average molecular weight is 286 g/mol. The summed E-state index contributed by atoms with van der Waals surface area (Å²) in [5, 5.41) is 0. The largest absolute Gasteiger partial charge is 0.409 e. The number of carbonyl (C=O) groups excluding carboxylic acids is 1. The predicted molar refractivity (Wildman–Crippen MR) is 48.6 cm³/mol. The van der Waals surface area contributed by atoms with Gasteiger partial charge in [0.1, 0.15) is 0 Å². The maximum absolute atomic E-state index is 12.2. The van der Waals surface area contributed by atoms with Gasteiger partial charge in [0.25, 0.3) is 0 Å². The molecule has 0 aromatic heterocycles. The monoisotopic (exact) mass is 285 g/mol. The highest BCUT2D eigenvalue weighted by atomic mass is 35.5. The van der Waals surface area contributed by atoms with E-state index in [9.17, 15) is 31.1 Å². The van der Waals surface area contributed by atoms with Gasteiger partial charge in [0.15, 0.2) is 0 Å². The van der Waals surface area contributed by atoms with Crippen LogP contribution in [0.15, 0.2) is 0 Å². The minimum Gasteiger partial charge on any atom is -0.341 e. The molecular formula is C8H10ClF6NO. The smallest absolute Gasteiger partial charge is 0.341 e. The molecule has 0 spiro atoms. The molecule has 0 aliphatic rings. The SMILES string of the molecule is CCN(CCCl)C(=O)C(C(F)(F)F)C(F)(F)F. The van der Waals surface area contributed by atoms with Crippen molar-refractivity contribution >= 4 is 17.5 Å². The van der Waals surface area contributed by atoms with Crippen LogP contribution in [-0.2, 0) is 4.79 Å². The normalized spacial score (nSPS) is 13.0. The van der Waals surface area contributed by atoms with Crippen LogP contribution in [0.1, 0.15) is 6.92 Å². The third kappa shape index (κ3) is 4.61. The molecule has 1 amide bonds. The molecule has 0 atom stereocenters. The molecule has 0 aliphatic heterocycles. The molecule has 0 aromatic carbocycles. The Morgan fingerprint density at radius 3 is 1.82 bits per heavy atom. The van der Waals surface area contributed by atoms with Gasteiger partial charge in [0.2, 0.25) is 11.8 Å². The number of nitrogens with zero attached hydrogens (tertiary/aromatic N) is 1. The van der Waals surface area contributed by atoms with E-state index in [1.165, 1.54) is 6.92 Å². The van der Waals surface area contributed by atoms with Crippen molar-refractivity contribution in [3.63, 3.8) is 0 Å². The summed E-state index contributed by atoms with van der Waals surface area (Å²) < 4.78 is 73.2. The number of hydrogen-bond donors (Lipinski definition) is 0. The molecule has 0 saturated heterocycles. The van der Waals surface area contributed by atoms with Crippen LogP contribution in [0.2, 0.25) is 0 Å². The fourth-order valence-electron chi connectivity index (χ4n) is 1.17. The van der Waals surface area contributed by atoms with Crippen LogP contribution in [0, 0.1) is 5.92 Å². The number of halogens is 7. The lowest BCUT2D eigenvalue weighted by molar-refractivity contribution is -0.277. The van der Waals surface area contributed by atoms with Crippen molar-refractivity contribution in [3.8, 4) is 0 Å². The second-order valence-corrected chi connectivity index (χ2v) is 3.50. The summed E-state index contributed by atoms with van der Waals surface area (Å²) >= 11 is 5.20. The molecule has 0 aliphatic carbocycles. The van der Waals surface area contributed by atoms with E-state index in [-0.39, 0.29) is 19.0 Å². The van der Waals surface area contributed by atoms with Crippen molar-refractivity contribution in [2.45, 2.75) is 19.3 Å². The van der Waals surface area contributed by atoms with Gasteiger partial charge in [-0.3, -0.25) is 4.79 Å². The summed E-state index contributed by atoms with van der Waals surface area (Å²) in [4.78, 5) is 11.6. The van der Waals surface area contributed by atoms with Crippen molar-refractivity contribution in [2.75, 3.05) is 19.0 Å². The van der Waals surface area contributed by atoms with Crippen molar-refractivity contribution in [2.24, 2.45) is 5.92 Å². The summed E-state index contributed by atoms with van der Waals surface area (Å²) in [6.07, 6.45) is -11.3. The Labute approximate surface area is 98.5 Å². The molecule has 0 N–H and O–H groups in total.